The zero-order valence-electron chi connectivity index (χ0n) is 19.3. The van der Waals surface area contributed by atoms with Crippen LogP contribution in [-0.4, -0.2) is 41.6 Å². The van der Waals surface area contributed by atoms with Crippen LogP contribution in [-0.2, 0) is 6.54 Å². The van der Waals surface area contributed by atoms with Crippen LogP contribution in [0.25, 0.3) is 10.9 Å². The second-order valence-electron chi connectivity index (χ2n) is 8.66. The molecule has 0 radical (unpaired) electrons. The van der Waals surface area contributed by atoms with E-state index in [1.54, 1.807) is 21.6 Å². The Kier molecular flexibility index (Phi) is 6.21. The number of aromatic nitrogens is 1. The third-order valence-corrected chi connectivity index (χ3v) is 6.49. The number of nitriles is 1. The van der Waals surface area contributed by atoms with Gasteiger partial charge in [-0.3, -0.25) is 9.59 Å². The minimum atomic E-state index is -0.416. The molecule has 3 aromatic carbocycles. The van der Waals surface area contributed by atoms with Gasteiger partial charge in [0.1, 0.15) is 23.3 Å². The summed E-state index contributed by atoms with van der Waals surface area (Å²) in [5.41, 5.74) is 2.01. The Hall–Kier alpha value is -4.51. The number of hydrogen-bond acceptors (Lipinski definition) is 4. The molecule has 6 nitrogen and oxygen atoms in total. The number of hydrogen-bond donors (Lipinski definition) is 0. The normalized spacial score (nSPS) is 13.6. The maximum atomic E-state index is 13.5. The third-order valence-electron chi connectivity index (χ3n) is 6.49. The summed E-state index contributed by atoms with van der Waals surface area (Å²) in [7, 11) is 0. The molecule has 5 rings (SSSR count). The second-order valence-corrected chi connectivity index (χ2v) is 8.66. The van der Waals surface area contributed by atoms with E-state index < -0.39 is 11.4 Å². The van der Waals surface area contributed by atoms with Crippen molar-refractivity contribution in [2.45, 2.75) is 6.54 Å². The summed E-state index contributed by atoms with van der Waals surface area (Å²) in [4.78, 5) is 30.0. The Morgan fingerprint density at radius 2 is 1.47 bits per heavy atom. The molecule has 0 spiro atoms. The number of pyridine rings is 1. The largest absolute Gasteiger partial charge is 0.366 e. The average molecular weight is 485 g/mol. The number of amides is 1. The summed E-state index contributed by atoms with van der Waals surface area (Å²) in [5.74, 6) is -0.947. The highest BCUT2D eigenvalue weighted by Gasteiger charge is 2.27. The first-order chi connectivity index (χ1) is 17.5. The van der Waals surface area contributed by atoms with E-state index >= 15 is 0 Å². The molecular weight excluding hydrogens is 462 g/mol. The van der Waals surface area contributed by atoms with Gasteiger partial charge in [0.2, 0.25) is 0 Å². The van der Waals surface area contributed by atoms with Crippen LogP contribution in [0, 0.1) is 23.0 Å². The number of rotatable bonds is 4. The fourth-order valence-electron chi connectivity index (χ4n) is 4.66. The minimum Gasteiger partial charge on any atom is -0.366 e. The number of halogens is 2. The Balaban J connectivity index is 1.48. The van der Waals surface area contributed by atoms with Gasteiger partial charge in [0, 0.05) is 37.1 Å². The molecule has 8 heteroatoms. The first-order valence-corrected chi connectivity index (χ1v) is 11.6. The lowest BCUT2D eigenvalue weighted by Crippen LogP contribution is -2.49. The Bertz CT molecular complexity index is 1530. The SMILES string of the molecule is N#Cc1c(N2CCN(C(=O)c3ccc(F)cc3)CC2)c2ccccc2n(Cc2ccc(F)cc2)c1=O. The van der Waals surface area contributed by atoms with E-state index in [4.69, 9.17) is 0 Å². The molecule has 2 heterocycles. The lowest BCUT2D eigenvalue weighted by atomic mass is 10.1. The minimum absolute atomic E-state index is 0.0362. The number of anilines is 1. The Morgan fingerprint density at radius 3 is 2.11 bits per heavy atom. The van der Waals surface area contributed by atoms with Crippen LogP contribution >= 0.6 is 0 Å². The van der Waals surface area contributed by atoms with Crippen molar-refractivity contribution in [1.82, 2.24) is 9.47 Å². The topological polar surface area (TPSA) is 69.3 Å². The summed E-state index contributed by atoms with van der Waals surface area (Å²) in [6.07, 6.45) is 0. The standard InChI is InChI=1S/C28H22F2N4O2/c29-21-9-5-19(6-10-21)18-34-25-4-2-1-3-23(25)26(24(17-31)28(34)36)32-13-15-33(16-14-32)27(35)20-7-11-22(30)12-8-20/h1-12H,13-16,18H2. The highest BCUT2D eigenvalue weighted by molar-refractivity contribution is 5.96. The molecule has 0 atom stereocenters. The molecule has 0 bridgehead atoms. The van der Waals surface area contributed by atoms with Crippen LogP contribution in [0.15, 0.2) is 77.6 Å². The molecule has 1 amide bonds. The smallest absolute Gasteiger partial charge is 0.271 e. The van der Waals surface area contributed by atoms with Gasteiger partial charge in [0.05, 0.1) is 17.7 Å². The monoisotopic (exact) mass is 484 g/mol. The van der Waals surface area contributed by atoms with Gasteiger partial charge in [-0.15, -0.1) is 0 Å². The number of fused-ring (bicyclic) bond motifs is 1. The van der Waals surface area contributed by atoms with E-state index in [2.05, 4.69) is 6.07 Å². The highest BCUT2D eigenvalue weighted by Crippen LogP contribution is 2.30. The molecule has 180 valence electrons. The van der Waals surface area contributed by atoms with E-state index in [0.717, 1.165) is 10.9 Å². The molecule has 0 saturated carbocycles. The molecular formula is C28H22F2N4O2. The Morgan fingerprint density at radius 1 is 0.861 bits per heavy atom. The van der Waals surface area contributed by atoms with Gasteiger partial charge in [-0.2, -0.15) is 5.26 Å². The molecule has 1 aliphatic rings. The zero-order chi connectivity index (χ0) is 25.2. The van der Waals surface area contributed by atoms with Gasteiger partial charge in [0.15, 0.2) is 0 Å². The third kappa shape index (κ3) is 4.31. The molecule has 0 aliphatic carbocycles. The summed E-state index contributed by atoms with van der Waals surface area (Å²) in [6, 6.07) is 20.9. The molecule has 4 aromatic rings. The van der Waals surface area contributed by atoms with Gasteiger partial charge in [-0.05, 0) is 48.0 Å². The van der Waals surface area contributed by atoms with Crippen LogP contribution in [0.3, 0.4) is 0 Å². The van der Waals surface area contributed by atoms with Gasteiger partial charge in [0.25, 0.3) is 11.5 Å². The van der Waals surface area contributed by atoms with E-state index in [-0.39, 0.29) is 23.8 Å². The number of carbonyl (C=O) groups is 1. The molecule has 1 aromatic heterocycles. The van der Waals surface area contributed by atoms with Crippen molar-refractivity contribution < 1.29 is 13.6 Å². The van der Waals surface area contributed by atoms with Gasteiger partial charge in [-0.25, -0.2) is 8.78 Å². The van der Waals surface area contributed by atoms with E-state index in [1.165, 1.54) is 36.4 Å². The second kappa shape index (κ2) is 9.62. The van der Waals surface area contributed by atoms with Crippen LogP contribution < -0.4 is 10.5 Å². The van der Waals surface area contributed by atoms with Crippen molar-refractivity contribution in [2.24, 2.45) is 0 Å². The maximum Gasteiger partial charge on any atom is 0.271 e. The molecule has 0 unspecified atom stereocenters. The average Bonchev–Trinajstić information content (AvgIpc) is 2.91. The first-order valence-electron chi connectivity index (χ1n) is 11.6. The summed E-state index contributed by atoms with van der Waals surface area (Å²) in [5, 5.41) is 10.8. The molecule has 1 fully saturated rings. The van der Waals surface area contributed by atoms with Crippen molar-refractivity contribution in [1.29, 1.82) is 5.26 Å². The number of para-hydroxylation sites is 1. The molecule has 36 heavy (non-hydrogen) atoms. The number of carbonyl (C=O) groups excluding carboxylic acids is 1. The quantitative estimate of drug-likeness (QED) is 0.436. The summed E-state index contributed by atoms with van der Waals surface area (Å²) < 4.78 is 28.1. The zero-order valence-corrected chi connectivity index (χ0v) is 19.3. The molecule has 0 N–H and O–H groups in total. The van der Waals surface area contributed by atoms with Crippen LogP contribution in [0.1, 0.15) is 21.5 Å². The number of nitrogens with zero attached hydrogens (tertiary/aromatic N) is 4. The predicted molar refractivity (Wildman–Crippen MR) is 133 cm³/mol. The fraction of sp³-hybridized carbons (Fsp3) is 0.179. The summed E-state index contributed by atoms with van der Waals surface area (Å²) >= 11 is 0. The maximum absolute atomic E-state index is 13.5. The van der Waals surface area contributed by atoms with Crippen molar-refractivity contribution in [2.75, 3.05) is 31.1 Å². The lowest BCUT2D eigenvalue weighted by molar-refractivity contribution is 0.0747. The Labute approximate surface area is 206 Å². The fourth-order valence-corrected chi connectivity index (χ4v) is 4.66. The van der Waals surface area contributed by atoms with E-state index in [9.17, 15) is 23.6 Å². The molecule has 1 saturated heterocycles. The van der Waals surface area contributed by atoms with Crippen LogP contribution in [0.5, 0.6) is 0 Å². The van der Waals surface area contributed by atoms with Gasteiger partial charge >= 0.3 is 0 Å². The predicted octanol–water partition coefficient (Wildman–Crippen LogP) is 4.16. The van der Waals surface area contributed by atoms with Crippen LogP contribution in [0.2, 0.25) is 0 Å². The van der Waals surface area contributed by atoms with Crippen molar-refractivity contribution >= 4 is 22.5 Å². The number of benzene rings is 3. The highest BCUT2D eigenvalue weighted by atomic mass is 19.1. The van der Waals surface area contributed by atoms with Crippen molar-refractivity contribution in [3.05, 3.63) is 111 Å². The lowest BCUT2D eigenvalue weighted by Gasteiger charge is -2.37. The van der Waals surface area contributed by atoms with Gasteiger partial charge < -0.3 is 14.4 Å². The summed E-state index contributed by atoms with van der Waals surface area (Å²) in [6.45, 7) is 1.87. The van der Waals surface area contributed by atoms with E-state index in [0.29, 0.717) is 42.9 Å². The van der Waals surface area contributed by atoms with Crippen LogP contribution in [0.4, 0.5) is 14.5 Å². The van der Waals surface area contributed by atoms with Crippen molar-refractivity contribution in [3.63, 3.8) is 0 Å². The van der Waals surface area contributed by atoms with Crippen molar-refractivity contribution in [3.8, 4) is 6.07 Å². The van der Waals surface area contributed by atoms with Gasteiger partial charge in [-0.1, -0.05) is 30.3 Å². The van der Waals surface area contributed by atoms with E-state index in [1.807, 2.05) is 29.2 Å². The first kappa shape index (κ1) is 23.2. The molecule has 1 aliphatic heterocycles. The number of piperazine rings is 1.